The maximum absolute atomic E-state index is 13.2. The highest BCUT2D eigenvalue weighted by atomic mass is 35.5. The molecule has 1 saturated carbocycles. The zero-order valence-electron chi connectivity index (χ0n) is 11.1. The molecular weight excluding hydrogens is 336 g/mol. The number of anilines is 2. The Morgan fingerprint density at radius 3 is 2.33 bits per heavy atom. The van der Waals surface area contributed by atoms with Crippen molar-refractivity contribution in [1.29, 1.82) is 0 Å². The van der Waals surface area contributed by atoms with Gasteiger partial charge in [0.05, 0.1) is 15.7 Å². The summed E-state index contributed by atoms with van der Waals surface area (Å²) in [6.07, 6.45) is 2.13. The van der Waals surface area contributed by atoms with Crippen LogP contribution in [0.3, 0.4) is 0 Å². The van der Waals surface area contributed by atoms with Gasteiger partial charge in [-0.25, -0.2) is 14.4 Å². The molecule has 0 atom stereocenters. The van der Waals surface area contributed by atoms with Crippen molar-refractivity contribution < 1.29 is 4.39 Å². The van der Waals surface area contributed by atoms with E-state index in [4.69, 9.17) is 34.8 Å². The molecule has 0 amide bonds. The Morgan fingerprint density at radius 2 is 1.76 bits per heavy atom. The third kappa shape index (κ3) is 3.07. The lowest BCUT2D eigenvalue weighted by molar-refractivity contribution is 0.628. The summed E-state index contributed by atoms with van der Waals surface area (Å²) in [5, 5.41) is 3.79. The molecule has 1 heterocycles. The van der Waals surface area contributed by atoms with E-state index < -0.39 is 5.82 Å². The Kier molecular flexibility index (Phi) is 3.95. The molecule has 2 aromatic rings. The summed E-state index contributed by atoms with van der Waals surface area (Å²) < 4.78 is 13.2. The van der Waals surface area contributed by atoms with Gasteiger partial charge in [-0.2, -0.15) is 0 Å². The Bertz CT molecular complexity index is 694. The molecule has 1 fully saturated rings. The molecule has 0 radical (unpaired) electrons. The van der Waals surface area contributed by atoms with E-state index in [1.807, 2.05) is 0 Å². The number of hydrogen-bond donors (Lipinski definition) is 1. The summed E-state index contributed by atoms with van der Waals surface area (Å²) in [6, 6.07) is 2.38. The maximum atomic E-state index is 13.2. The van der Waals surface area contributed by atoms with Gasteiger partial charge < -0.3 is 5.32 Å². The standard InChI is InChI=1S/C14H11Cl3FN3/c1-6-12(17)20-14(7-2-3-7)21-13(6)19-11-9(15)4-8(18)5-10(11)16/h4-5,7H,2-3H2,1H3,(H,19,20,21). The van der Waals surface area contributed by atoms with Gasteiger partial charge in [-0.05, 0) is 31.9 Å². The lowest BCUT2D eigenvalue weighted by atomic mass is 10.2. The van der Waals surface area contributed by atoms with Crippen LogP contribution in [0.5, 0.6) is 0 Å². The minimum absolute atomic E-state index is 0.183. The van der Waals surface area contributed by atoms with Gasteiger partial charge in [-0.3, -0.25) is 0 Å². The van der Waals surface area contributed by atoms with Crippen LogP contribution in [0.1, 0.15) is 30.1 Å². The number of aromatic nitrogens is 2. The predicted octanol–water partition coefficient (Wildman–Crippen LogP) is 5.51. The van der Waals surface area contributed by atoms with Crippen LogP contribution in [-0.4, -0.2) is 9.97 Å². The van der Waals surface area contributed by atoms with Gasteiger partial charge in [0.2, 0.25) is 0 Å². The monoisotopic (exact) mass is 345 g/mol. The minimum Gasteiger partial charge on any atom is -0.337 e. The van der Waals surface area contributed by atoms with Crippen LogP contribution in [0, 0.1) is 12.7 Å². The summed E-state index contributed by atoms with van der Waals surface area (Å²) in [5.41, 5.74) is 1.09. The van der Waals surface area contributed by atoms with E-state index in [2.05, 4.69) is 15.3 Å². The number of nitrogens with zero attached hydrogens (tertiary/aromatic N) is 2. The molecule has 1 N–H and O–H groups in total. The smallest absolute Gasteiger partial charge is 0.138 e. The van der Waals surface area contributed by atoms with Crippen molar-refractivity contribution in [2.45, 2.75) is 25.7 Å². The van der Waals surface area contributed by atoms with Crippen LogP contribution in [-0.2, 0) is 0 Å². The van der Waals surface area contributed by atoms with E-state index in [1.165, 1.54) is 12.1 Å². The van der Waals surface area contributed by atoms with Crippen LogP contribution in [0.15, 0.2) is 12.1 Å². The zero-order chi connectivity index (χ0) is 15.1. The number of rotatable bonds is 3. The van der Waals surface area contributed by atoms with E-state index in [0.717, 1.165) is 12.8 Å². The lowest BCUT2D eigenvalue weighted by Crippen LogP contribution is -2.04. The molecule has 0 unspecified atom stereocenters. The summed E-state index contributed by atoms with van der Waals surface area (Å²) in [6.45, 7) is 1.80. The normalized spacial score (nSPS) is 14.3. The van der Waals surface area contributed by atoms with E-state index >= 15 is 0 Å². The van der Waals surface area contributed by atoms with Crippen molar-refractivity contribution in [1.82, 2.24) is 9.97 Å². The fourth-order valence-corrected chi connectivity index (χ4v) is 2.66. The molecule has 0 saturated heterocycles. The van der Waals surface area contributed by atoms with Crippen LogP contribution in [0.2, 0.25) is 15.2 Å². The van der Waals surface area contributed by atoms with Crippen LogP contribution >= 0.6 is 34.8 Å². The fraction of sp³-hybridized carbons (Fsp3) is 0.286. The van der Waals surface area contributed by atoms with Gasteiger partial charge in [-0.1, -0.05) is 34.8 Å². The molecule has 0 spiro atoms. The summed E-state index contributed by atoms with van der Waals surface area (Å²) in [4.78, 5) is 8.76. The minimum atomic E-state index is -0.494. The third-order valence-corrected chi connectivity index (χ3v) is 4.26. The Balaban J connectivity index is 2.02. The number of nitrogens with one attached hydrogen (secondary N) is 1. The van der Waals surface area contributed by atoms with Crippen molar-refractivity contribution in [3.05, 3.63) is 44.5 Å². The molecule has 0 bridgehead atoms. The topological polar surface area (TPSA) is 37.8 Å². The van der Waals surface area contributed by atoms with Crippen LogP contribution in [0.4, 0.5) is 15.9 Å². The Hall–Kier alpha value is -1.10. The molecule has 3 nitrogen and oxygen atoms in total. The van der Waals surface area contributed by atoms with E-state index in [-0.39, 0.29) is 10.0 Å². The third-order valence-electron chi connectivity index (χ3n) is 3.30. The zero-order valence-corrected chi connectivity index (χ0v) is 13.3. The molecule has 21 heavy (non-hydrogen) atoms. The lowest BCUT2D eigenvalue weighted by Gasteiger charge is -2.13. The molecule has 1 aromatic heterocycles. The number of hydrogen-bond acceptors (Lipinski definition) is 3. The summed E-state index contributed by atoms with van der Waals surface area (Å²) >= 11 is 18.2. The molecule has 1 aliphatic carbocycles. The highest BCUT2D eigenvalue weighted by Gasteiger charge is 2.28. The summed E-state index contributed by atoms with van der Waals surface area (Å²) in [5.74, 6) is 1.12. The average molecular weight is 347 g/mol. The number of halogens is 4. The molecule has 110 valence electrons. The van der Waals surface area contributed by atoms with Gasteiger partial charge in [0, 0.05) is 11.5 Å². The first-order valence-electron chi connectivity index (χ1n) is 6.41. The van der Waals surface area contributed by atoms with Gasteiger partial charge in [0.25, 0.3) is 0 Å². The second kappa shape index (κ2) is 5.59. The average Bonchev–Trinajstić information content (AvgIpc) is 3.22. The molecule has 1 aliphatic rings. The Labute approximate surface area is 136 Å². The van der Waals surface area contributed by atoms with Crippen molar-refractivity contribution in [3.63, 3.8) is 0 Å². The van der Waals surface area contributed by atoms with Crippen molar-refractivity contribution in [2.75, 3.05) is 5.32 Å². The highest BCUT2D eigenvalue weighted by molar-refractivity contribution is 6.39. The highest BCUT2D eigenvalue weighted by Crippen LogP contribution is 2.40. The molecule has 3 rings (SSSR count). The number of benzene rings is 1. The molecule has 0 aliphatic heterocycles. The second-order valence-corrected chi connectivity index (χ2v) is 6.16. The van der Waals surface area contributed by atoms with Gasteiger partial charge >= 0.3 is 0 Å². The van der Waals surface area contributed by atoms with Crippen molar-refractivity contribution >= 4 is 46.3 Å². The van der Waals surface area contributed by atoms with Gasteiger partial charge in [0.1, 0.15) is 22.6 Å². The largest absolute Gasteiger partial charge is 0.337 e. The molecule has 1 aromatic carbocycles. The SMILES string of the molecule is Cc1c(Cl)nc(C2CC2)nc1Nc1c(Cl)cc(F)cc1Cl. The van der Waals surface area contributed by atoms with Gasteiger partial charge in [-0.15, -0.1) is 0 Å². The first kappa shape index (κ1) is 14.8. The second-order valence-electron chi connectivity index (χ2n) is 4.99. The maximum Gasteiger partial charge on any atom is 0.138 e. The van der Waals surface area contributed by atoms with Crippen LogP contribution < -0.4 is 5.32 Å². The fourth-order valence-electron chi connectivity index (χ4n) is 1.93. The predicted molar refractivity (Wildman–Crippen MR) is 83.5 cm³/mol. The van der Waals surface area contributed by atoms with Gasteiger partial charge in [0.15, 0.2) is 0 Å². The van der Waals surface area contributed by atoms with Crippen molar-refractivity contribution in [2.24, 2.45) is 0 Å². The quantitative estimate of drug-likeness (QED) is 0.745. The van der Waals surface area contributed by atoms with E-state index in [9.17, 15) is 4.39 Å². The molecular formula is C14H11Cl3FN3. The van der Waals surface area contributed by atoms with Crippen molar-refractivity contribution in [3.8, 4) is 0 Å². The first-order chi connectivity index (χ1) is 9.95. The summed E-state index contributed by atoms with van der Waals surface area (Å²) in [7, 11) is 0. The van der Waals surface area contributed by atoms with E-state index in [1.54, 1.807) is 6.92 Å². The first-order valence-corrected chi connectivity index (χ1v) is 7.54. The molecule has 7 heteroatoms. The Morgan fingerprint density at radius 1 is 1.14 bits per heavy atom. The van der Waals surface area contributed by atoms with E-state index in [0.29, 0.717) is 34.0 Å². The van der Waals surface area contributed by atoms with Crippen LogP contribution in [0.25, 0.3) is 0 Å².